The highest BCUT2D eigenvalue weighted by Crippen LogP contribution is 2.35. The van der Waals surface area contributed by atoms with Crippen molar-refractivity contribution in [2.45, 2.75) is 30.3 Å². The molecule has 1 saturated heterocycles. The quantitative estimate of drug-likeness (QED) is 0.525. The average molecular weight is 535 g/mol. The molecule has 1 N–H and O–H groups in total. The molecule has 0 saturated carbocycles. The molecule has 0 bridgehead atoms. The molecule has 0 amide bonds. The van der Waals surface area contributed by atoms with Crippen LogP contribution in [0.5, 0.6) is 0 Å². The first kappa shape index (κ1) is 24.4. The highest BCUT2D eigenvalue weighted by molar-refractivity contribution is 9.10. The zero-order valence-corrected chi connectivity index (χ0v) is 19.6. The lowest BCUT2D eigenvalue weighted by molar-refractivity contribution is -0.142. The number of esters is 1. The Morgan fingerprint density at radius 3 is 2.50 bits per heavy atom. The number of rotatable bonds is 6. The van der Waals surface area contributed by atoms with Crippen LogP contribution in [0.1, 0.15) is 24.8 Å². The number of alkyl halides is 3. The van der Waals surface area contributed by atoms with Crippen molar-refractivity contribution in [3.63, 3.8) is 0 Å². The molecular weight excluding hydrogens is 513 g/mol. The number of halogens is 4. The van der Waals surface area contributed by atoms with Crippen LogP contribution in [0.3, 0.4) is 0 Å². The summed E-state index contributed by atoms with van der Waals surface area (Å²) in [5, 5.41) is 0. The van der Waals surface area contributed by atoms with Gasteiger partial charge in [-0.1, -0.05) is 22.0 Å². The Morgan fingerprint density at radius 2 is 1.88 bits per heavy atom. The molecule has 0 unspecified atom stereocenters. The third kappa shape index (κ3) is 5.94. The van der Waals surface area contributed by atoms with Crippen LogP contribution in [0.25, 0.3) is 0 Å². The maximum atomic E-state index is 13.0. The van der Waals surface area contributed by atoms with E-state index in [1.54, 1.807) is 18.2 Å². The van der Waals surface area contributed by atoms with Gasteiger partial charge in [0, 0.05) is 24.0 Å². The van der Waals surface area contributed by atoms with E-state index >= 15 is 0 Å². The molecule has 1 aliphatic rings. The molecule has 0 aliphatic carbocycles. The minimum atomic E-state index is -4.65. The number of benzene rings is 2. The van der Waals surface area contributed by atoms with E-state index in [4.69, 9.17) is 4.74 Å². The van der Waals surface area contributed by atoms with E-state index in [0.29, 0.717) is 35.7 Å². The molecule has 0 radical (unpaired) electrons. The van der Waals surface area contributed by atoms with Gasteiger partial charge in [0.05, 0.1) is 28.9 Å². The highest BCUT2D eigenvalue weighted by Gasteiger charge is 2.32. The number of methoxy groups -OCH3 is 1. The molecule has 174 valence electrons. The first-order valence-electron chi connectivity index (χ1n) is 9.81. The van der Waals surface area contributed by atoms with Gasteiger partial charge in [0.2, 0.25) is 0 Å². The predicted octanol–water partition coefficient (Wildman–Crippen LogP) is 5.05. The van der Waals surface area contributed by atoms with Gasteiger partial charge in [0.25, 0.3) is 10.0 Å². The van der Waals surface area contributed by atoms with Crippen LogP contribution in [-0.2, 0) is 25.7 Å². The van der Waals surface area contributed by atoms with Crippen LogP contribution in [0.2, 0.25) is 0 Å². The van der Waals surface area contributed by atoms with E-state index in [9.17, 15) is 26.4 Å². The number of carbonyl (C=O) groups excluding carboxylic acids is 1. The fourth-order valence-corrected chi connectivity index (χ4v) is 5.08. The molecule has 0 aromatic heterocycles. The minimum Gasteiger partial charge on any atom is -0.469 e. The van der Waals surface area contributed by atoms with Crippen LogP contribution in [-0.4, -0.2) is 34.6 Å². The Balaban J connectivity index is 1.82. The molecule has 2 aromatic rings. The highest BCUT2D eigenvalue weighted by atomic mass is 79.9. The fraction of sp³-hybridized carbons (Fsp3) is 0.381. The van der Waals surface area contributed by atoms with E-state index in [1.807, 2.05) is 4.90 Å². The fourth-order valence-electron chi connectivity index (χ4n) is 3.61. The topological polar surface area (TPSA) is 75.7 Å². The lowest BCUT2D eigenvalue weighted by Crippen LogP contribution is -2.35. The van der Waals surface area contributed by atoms with Gasteiger partial charge >= 0.3 is 12.1 Å². The number of nitrogens with zero attached hydrogens (tertiary/aromatic N) is 1. The summed E-state index contributed by atoms with van der Waals surface area (Å²) in [4.78, 5) is 13.0. The first-order chi connectivity index (χ1) is 15.0. The van der Waals surface area contributed by atoms with Crippen molar-refractivity contribution in [1.82, 2.24) is 0 Å². The number of hydrogen-bond donors (Lipinski definition) is 1. The SMILES string of the molecule is COC(=O)CC1CCN(c2ccc(Br)cc2NS(=O)(=O)c2cccc(C(F)(F)F)c2)CC1. The van der Waals surface area contributed by atoms with Crippen molar-refractivity contribution in [1.29, 1.82) is 0 Å². The first-order valence-corrected chi connectivity index (χ1v) is 12.1. The van der Waals surface area contributed by atoms with E-state index in [0.717, 1.165) is 31.0 Å². The molecule has 0 spiro atoms. The smallest absolute Gasteiger partial charge is 0.416 e. The molecule has 0 atom stereocenters. The Hall–Kier alpha value is -2.27. The van der Waals surface area contributed by atoms with Gasteiger partial charge < -0.3 is 9.64 Å². The molecule has 1 aliphatic heterocycles. The Morgan fingerprint density at radius 1 is 1.19 bits per heavy atom. The van der Waals surface area contributed by atoms with E-state index in [-0.39, 0.29) is 17.6 Å². The summed E-state index contributed by atoms with van der Waals surface area (Å²) >= 11 is 3.31. The standard InChI is InChI=1S/C21H22BrF3N2O4S/c1-31-20(28)11-14-7-9-27(10-8-14)19-6-5-16(22)13-18(19)26-32(29,30)17-4-2-3-15(12-17)21(23,24)25/h2-6,12-14,26H,7-11H2,1H3. The van der Waals surface area contributed by atoms with Crippen LogP contribution >= 0.6 is 15.9 Å². The van der Waals surface area contributed by atoms with Gasteiger partial charge in [-0.3, -0.25) is 9.52 Å². The second-order valence-corrected chi connectivity index (χ2v) is 10.1. The van der Waals surface area contributed by atoms with Crippen molar-refractivity contribution in [3.8, 4) is 0 Å². The largest absolute Gasteiger partial charge is 0.469 e. The maximum absolute atomic E-state index is 13.0. The molecule has 6 nitrogen and oxygen atoms in total. The number of piperidine rings is 1. The lowest BCUT2D eigenvalue weighted by Gasteiger charge is -2.34. The van der Waals surface area contributed by atoms with Crippen molar-refractivity contribution in [2.24, 2.45) is 5.92 Å². The molecule has 2 aromatic carbocycles. The van der Waals surface area contributed by atoms with Gasteiger partial charge in [-0.05, 0) is 55.2 Å². The Bertz CT molecular complexity index is 1080. The summed E-state index contributed by atoms with van der Waals surface area (Å²) < 4.78 is 72.6. The summed E-state index contributed by atoms with van der Waals surface area (Å²) in [5.74, 6) is -0.0824. The van der Waals surface area contributed by atoms with Crippen LogP contribution < -0.4 is 9.62 Å². The lowest BCUT2D eigenvalue weighted by atomic mass is 9.93. The van der Waals surface area contributed by atoms with Crippen molar-refractivity contribution in [3.05, 3.63) is 52.5 Å². The number of carbonyl (C=O) groups is 1. The summed E-state index contributed by atoms with van der Waals surface area (Å²) in [6.45, 7) is 1.20. The minimum absolute atomic E-state index is 0.180. The molecule has 11 heteroatoms. The Kier molecular flexibility index (Phi) is 7.39. The molecule has 1 fully saturated rings. The molecular formula is C21H22BrF3N2O4S. The second kappa shape index (κ2) is 9.70. The van der Waals surface area contributed by atoms with Gasteiger partial charge in [-0.15, -0.1) is 0 Å². The number of ether oxygens (including phenoxy) is 1. The van der Waals surface area contributed by atoms with Gasteiger partial charge in [-0.2, -0.15) is 13.2 Å². The molecule has 1 heterocycles. The zero-order valence-electron chi connectivity index (χ0n) is 17.2. The van der Waals surface area contributed by atoms with Crippen molar-refractivity contribution >= 4 is 43.3 Å². The maximum Gasteiger partial charge on any atom is 0.416 e. The third-order valence-corrected chi connectivity index (χ3v) is 7.17. The number of hydrogen-bond acceptors (Lipinski definition) is 5. The number of sulfonamides is 1. The van der Waals surface area contributed by atoms with E-state index in [2.05, 4.69) is 20.7 Å². The average Bonchev–Trinajstić information content (AvgIpc) is 2.74. The van der Waals surface area contributed by atoms with Crippen LogP contribution in [0.15, 0.2) is 51.8 Å². The van der Waals surface area contributed by atoms with Crippen molar-refractivity contribution < 1.29 is 31.1 Å². The van der Waals surface area contributed by atoms with Gasteiger partial charge in [0.15, 0.2) is 0 Å². The Labute approximate surface area is 192 Å². The number of nitrogens with one attached hydrogen (secondary N) is 1. The third-order valence-electron chi connectivity index (χ3n) is 5.31. The summed E-state index contributed by atoms with van der Waals surface area (Å²) in [6.07, 6.45) is -2.86. The van der Waals surface area contributed by atoms with E-state index < -0.39 is 26.7 Å². The number of anilines is 2. The molecule has 32 heavy (non-hydrogen) atoms. The summed E-state index contributed by atoms with van der Waals surface area (Å²) in [5.41, 5.74) is -0.175. The zero-order chi connectivity index (χ0) is 23.5. The summed E-state index contributed by atoms with van der Waals surface area (Å²) in [7, 11) is -2.91. The summed E-state index contributed by atoms with van der Waals surface area (Å²) in [6, 6.07) is 8.69. The van der Waals surface area contributed by atoms with Crippen LogP contribution in [0.4, 0.5) is 24.5 Å². The molecule has 3 rings (SSSR count). The van der Waals surface area contributed by atoms with Gasteiger partial charge in [-0.25, -0.2) is 8.42 Å². The van der Waals surface area contributed by atoms with E-state index in [1.165, 1.54) is 7.11 Å². The van der Waals surface area contributed by atoms with Gasteiger partial charge in [0.1, 0.15) is 0 Å². The van der Waals surface area contributed by atoms with Crippen LogP contribution in [0, 0.1) is 5.92 Å². The normalized spacial score (nSPS) is 15.5. The monoisotopic (exact) mass is 534 g/mol. The predicted molar refractivity (Wildman–Crippen MR) is 118 cm³/mol. The second-order valence-electron chi connectivity index (χ2n) is 7.50. The van der Waals surface area contributed by atoms with Crippen molar-refractivity contribution in [2.75, 3.05) is 29.8 Å².